The van der Waals surface area contributed by atoms with E-state index in [0.29, 0.717) is 48.7 Å². The van der Waals surface area contributed by atoms with Crippen LogP contribution in [0.1, 0.15) is 69.0 Å². The van der Waals surface area contributed by atoms with Crippen molar-refractivity contribution in [3.05, 3.63) is 70.0 Å². The fraction of sp³-hybridized carbons (Fsp3) is 0.407. The molecule has 1 saturated carbocycles. The van der Waals surface area contributed by atoms with Crippen molar-refractivity contribution in [2.24, 2.45) is 5.41 Å². The molecule has 3 heterocycles. The van der Waals surface area contributed by atoms with E-state index >= 15 is 0 Å². The molecule has 198 valence electrons. The molecule has 1 atom stereocenters. The van der Waals surface area contributed by atoms with Crippen LogP contribution >= 0.6 is 0 Å². The Kier molecular flexibility index (Phi) is 5.41. The number of imide groups is 1. The maximum Gasteiger partial charge on any atom is 0.416 e. The van der Waals surface area contributed by atoms with Gasteiger partial charge in [0, 0.05) is 42.6 Å². The summed E-state index contributed by atoms with van der Waals surface area (Å²) in [7, 11) is 0. The van der Waals surface area contributed by atoms with Crippen molar-refractivity contribution in [1.82, 2.24) is 15.1 Å². The quantitative estimate of drug-likeness (QED) is 0.486. The molecule has 0 aromatic heterocycles. The highest BCUT2D eigenvalue weighted by molar-refractivity contribution is 6.06. The normalized spacial score (nSPS) is 22.7. The van der Waals surface area contributed by atoms with Crippen molar-refractivity contribution < 1.29 is 36.7 Å². The molecule has 0 radical (unpaired) electrons. The van der Waals surface area contributed by atoms with Gasteiger partial charge in [0.15, 0.2) is 0 Å². The number of hydrogen-bond donors (Lipinski definition) is 1. The van der Waals surface area contributed by atoms with Gasteiger partial charge in [-0.25, -0.2) is 4.39 Å². The van der Waals surface area contributed by atoms with E-state index in [0.717, 1.165) is 6.07 Å². The van der Waals surface area contributed by atoms with Crippen molar-refractivity contribution in [3.63, 3.8) is 0 Å². The molecular weight excluding hydrogens is 506 g/mol. The second-order valence-electron chi connectivity index (χ2n) is 10.8. The SMILES string of the molecule is O=C1CCC(N2Cc3cc(C(=O)N4CC5(CC(c6ccc(C(F)(F)F)cc6F)C5)C4)ccc3C2=O)C(=O)N1. The Bertz CT molecular complexity index is 1390. The summed E-state index contributed by atoms with van der Waals surface area (Å²) in [6.07, 6.45) is -2.99. The third-order valence-electron chi connectivity index (χ3n) is 8.24. The standard InChI is InChI=1S/C27H23F4N3O4/c28-20-8-17(27(29,30)31)2-4-18(20)16-9-26(10-16)12-33(13-26)24(37)14-1-3-19-15(7-14)11-34(25(19)38)21-5-6-22(35)32-23(21)36/h1-4,7-8,16,21H,5-6,9-13H2,(H,32,35,36). The Morgan fingerprint density at radius 1 is 1.03 bits per heavy atom. The molecule has 1 aliphatic carbocycles. The van der Waals surface area contributed by atoms with Crippen LogP contribution in [0, 0.1) is 11.2 Å². The van der Waals surface area contributed by atoms with Crippen molar-refractivity contribution in [1.29, 1.82) is 0 Å². The van der Waals surface area contributed by atoms with Gasteiger partial charge < -0.3 is 9.80 Å². The second-order valence-corrected chi connectivity index (χ2v) is 10.8. The van der Waals surface area contributed by atoms with Crippen LogP contribution < -0.4 is 5.32 Å². The number of nitrogens with zero attached hydrogens (tertiary/aromatic N) is 2. The van der Waals surface area contributed by atoms with E-state index in [1.807, 2.05) is 0 Å². The smallest absolute Gasteiger partial charge is 0.337 e. The number of halogens is 4. The molecule has 38 heavy (non-hydrogen) atoms. The minimum atomic E-state index is -4.59. The highest BCUT2D eigenvalue weighted by Crippen LogP contribution is 2.56. The lowest BCUT2D eigenvalue weighted by Gasteiger charge is -2.59. The molecule has 2 aromatic carbocycles. The van der Waals surface area contributed by atoms with Crippen LogP contribution in [0.3, 0.4) is 0 Å². The lowest BCUT2D eigenvalue weighted by atomic mass is 9.56. The highest BCUT2D eigenvalue weighted by Gasteiger charge is 2.54. The number of alkyl halides is 3. The molecule has 7 nitrogen and oxygen atoms in total. The van der Waals surface area contributed by atoms with Crippen LogP contribution in [-0.4, -0.2) is 52.6 Å². The van der Waals surface area contributed by atoms with E-state index in [2.05, 4.69) is 5.32 Å². The van der Waals surface area contributed by atoms with Gasteiger partial charge in [0.05, 0.1) is 5.56 Å². The minimum absolute atomic E-state index is 0.156. The van der Waals surface area contributed by atoms with Gasteiger partial charge in [0.25, 0.3) is 11.8 Å². The lowest BCUT2D eigenvalue weighted by Crippen LogP contribution is -2.63. The molecule has 11 heteroatoms. The maximum atomic E-state index is 14.3. The number of benzene rings is 2. The molecule has 0 bridgehead atoms. The van der Waals surface area contributed by atoms with Crippen LogP contribution in [0.5, 0.6) is 0 Å². The van der Waals surface area contributed by atoms with Crippen molar-refractivity contribution in [2.45, 2.75) is 50.4 Å². The molecule has 4 amide bonds. The number of fused-ring (bicyclic) bond motifs is 1. The first-order chi connectivity index (χ1) is 17.9. The van der Waals surface area contributed by atoms with Gasteiger partial charge in [-0.05, 0) is 66.6 Å². The van der Waals surface area contributed by atoms with Gasteiger partial charge in [-0.2, -0.15) is 13.2 Å². The van der Waals surface area contributed by atoms with Gasteiger partial charge in [-0.15, -0.1) is 0 Å². The Morgan fingerprint density at radius 3 is 2.42 bits per heavy atom. The molecule has 3 fully saturated rings. The predicted molar refractivity (Wildman–Crippen MR) is 124 cm³/mol. The van der Waals surface area contributed by atoms with Gasteiger partial charge in [-0.1, -0.05) is 6.07 Å². The van der Waals surface area contributed by atoms with Crippen LogP contribution in [-0.2, 0) is 22.3 Å². The first-order valence-corrected chi connectivity index (χ1v) is 12.4. The zero-order chi connectivity index (χ0) is 27.0. The van der Waals surface area contributed by atoms with Crippen molar-refractivity contribution in [2.75, 3.05) is 13.1 Å². The van der Waals surface area contributed by atoms with Crippen LogP contribution in [0.25, 0.3) is 0 Å². The van der Waals surface area contributed by atoms with Gasteiger partial charge in [0.1, 0.15) is 11.9 Å². The van der Waals surface area contributed by atoms with Crippen molar-refractivity contribution in [3.8, 4) is 0 Å². The topological polar surface area (TPSA) is 86.8 Å². The van der Waals surface area contributed by atoms with Gasteiger partial charge >= 0.3 is 6.18 Å². The number of likely N-dealkylation sites (tertiary alicyclic amines) is 1. The zero-order valence-corrected chi connectivity index (χ0v) is 20.1. The molecule has 2 saturated heterocycles. The molecule has 3 aliphatic heterocycles. The molecular formula is C27H23F4N3O4. The average Bonchev–Trinajstić information content (AvgIpc) is 3.12. The molecule has 1 N–H and O–H groups in total. The summed E-state index contributed by atoms with van der Waals surface area (Å²) in [5, 5.41) is 2.26. The summed E-state index contributed by atoms with van der Waals surface area (Å²) in [5.74, 6) is -2.41. The van der Waals surface area contributed by atoms with E-state index in [-0.39, 0.29) is 54.0 Å². The summed E-state index contributed by atoms with van der Waals surface area (Å²) in [6.45, 7) is 1.12. The zero-order valence-electron chi connectivity index (χ0n) is 20.1. The fourth-order valence-corrected chi connectivity index (χ4v) is 6.30. The fourth-order valence-electron chi connectivity index (χ4n) is 6.30. The number of hydrogen-bond acceptors (Lipinski definition) is 4. The average molecular weight is 529 g/mol. The minimum Gasteiger partial charge on any atom is -0.337 e. The van der Waals surface area contributed by atoms with E-state index in [4.69, 9.17) is 0 Å². The first kappa shape index (κ1) is 24.6. The summed E-state index contributed by atoms with van der Waals surface area (Å²) >= 11 is 0. The highest BCUT2D eigenvalue weighted by atomic mass is 19.4. The molecule has 4 aliphatic rings. The molecule has 1 spiro atoms. The Labute approximate surface area is 214 Å². The summed E-state index contributed by atoms with van der Waals surface area (Å²) < 4.78 is 52.8. The number of carbonyl (C=O) groups is 4. The number of piperidine rings is 1. The lowest BCUT2D eigenvalue weighted by molar-refractivity contribution is -0.138. The Morgan fingerprint density at radius 2 is 1.76 bits per heavy atom. The van der Waals surface area contributed by atoms with E-state index in [1.165, 1.54) is 11.0 Å². The van der Waals surface area contributed by atoms with Crippen LogP contribution in [0.4, 0.5) is 17.6 Å². The molecule has 1 unspecified atom stereocenters. The monoisotopic (exact) mass is 529 g/mol. The van der Waals surface area contributed by atoms with Crippen molar-refractivity contribution >= 4 is 23.6 Å². The van der Waals surface area contributed by atoms with Gasteiger partial charge in [0.2, 0.25) is 11.8 Å². The number of carbonyl (C=O) groups excluding carboxylic acids is 4. The maximum absolute atomic E-state index is 14.3. The number of nitrogens with one attached hydrogen (secondary N) is 1. The third-order valence-corrected chi connectivity index (χ3v) is 8.24. The summed E-state index contributed by atoms with van der Waals surface area (Å²) in [5.41, 5.74) is 0.585. The summed E-state index contributed by atoms with van der Waals surface area (Å²) in [6, 6.07) is 6.74. The first-order valence-electron chi connectivity index (χ1n) is 12.4. The Balaban J connectivity index is 1.08. The van der Waals surface area contributed by atoms with Gasteiger partial charge in [-0.3, -0.25) is 24.5 Å². The Hall–Kier alpha value is -3.76. The van der Waals surface area contributed by atoms with Crippen LogP contribution in [0.2, 0.25) is 0 Å². The van der Waals surface area contributed by atoms with E-state index in [1.54, 1.807) is 23.1 Å². The largest absolute Gasteiger partial charge is 0.416 e. The molecule has 2 aromatic rings. The van der Waals surface area contributed by atoms with Crippen LogP contribution in [0.15, 0.2) is 36.4 Å². The molecule has 6 rings (SSSR count). The third kappa shape index (κ3) is 3.95. The number of amides is 4. The van der Waals surface area contributed by atoms with E-state index < -0.39 is 29.5 Å². The predicted octanol–water partition coefficient (Wildman–Crippen LogP) is 3.63. The summed E-state index contributed by atoms with van der Waals surface area (Å²) in [4.78, 5) is 52.7. The second kappa shape index (κ2) is 8.37. The number of rotatable bonds is 3. The van der Waals surface area contributed by atoms with E-state index in [9.17, 15) is 36.7 Å².